The Morgan fingerprint density at radius 3 is 2.62 bits per heavy atom. The molecule has 5 nitrogen and oxygen atoms in total. The molecule has 90 valence electrons. The van der Waals surface area contributed by atoms with Gasteiger partial charge in [-0.2, -0.15) is 0 Å². The molecule has 2 N–H and O–H groups in total. The van der Waals surface area contributed by atoms with E-state index < -0.39 is 12.0 Å². The van der Waals surface area contributed by atoms with Gasteiger partial charge in [-0.25, -0.2) is 9.78 Å². The minimum Gasteiger partial charge on any atom is -0.477 e. The summed E-state index contributed by atoms with van der Waals surface area (Å²) >= 11 is 1.51. The molecule has 1 heterocycles. The molecule has 1 aromatic heterocycles. The molecule has 0 aliphatic rings. The molecule has 0 amide bonds. The number of rotatable bonds is 5. The summed E-state index contributed by atoms with van der Waals surface area (Å²) < 4.78 is 0.392. The standard InChI is InChI=1S/C10H17N3O2S/c1-13(2,3)8(9(14)15)5-7-6-11-10(12-7)16-4/h6,8H,5H2,1-4H3,(H-,11,12,14,15)/p+1/t8-/m0/s1. The van der Waals surface area contributed by atoms with Crippen molar-refractivity contribution in [3.8, 4) is 0 Å². The molecule has 6 heteroatoms. The fraction of sp³-hybridized carbons (Fsp3) is 0.600. The first-order valence-electron chi connectivity index (χ1n) is 4.96. The smallest absolute Gasteiger partial charge is 0.362 e. The molecular formula is C10H18N3O2S+. The molecule has 0 aliphatic heterocycles. The van der Waals surface area contributed by atoms with Crippen LogP contribution in [-0.2, 0) is 11.2 Å². The topological polar surface area (TPSA) is 66.0 Å². The van der Waals surface area contributed by atoms with Crippen molar-refractivity contribution in [1.29, 1.82) is 0 Å². The van der Waals surface area contributed by atoms with Crippen molar-refractivity contribution >= 4 is 17.7 Å². The summed E-state index contributed by atoms with van der Waals surface area (Å²) in [5.74, 6) is -0.784. The van der Waals surface area contributed by atoms with Crippen molar-refractivity contribution in [1.82, 2.24) is 9.97 Å². The summed E-state index contributed by atoms with van der Waals surface area (Å²) in [6.45, 7) is 0. The minimum absolute atomic E-state index is 0.392. The number of carboxylic acids is 1. The van der Waals surface area contributed by atoms with Gasteiger partial charge < -0.3 is 14.6 Å². The molecule has 0 spiro atoms. The number of aromatic amines is 1. The average Bonchev–Trinajstić information content (AvgIpc) is 2.59. The van der Waals surface area contributed by atoms with Crippen LogP contribution in [0, 0.1) is 0 Å². The molecule has 1 rings (SSSR count). The summed E-state index contributed by atoms with van der Waals surface area (Å²) in [7, 11) is 5.64. The number of likely N-dealkylation sites (N-methyl/N-ethyl adjacent to an activating group) is 1. The normalized spacial score (nSPS) is 13.8. The number of aliphatic carboxylic acids is 1. The highest BCUT2D eigenvalue weighted by molar-refractivity contribution is 7.98. The summed E-state index contributed by atoms with van der Waals surface area (Å²) in [6, 6.07) is -0.463. The van der Waals surface area contributed by atoms with Crippen LogP contribution in [0.2, 0.25) is 0 Å². The molecule has 0 unspecified atom stereocenters. The first kappa shape index (κ1) is 13.1. The van der Waals surface area contributed by atoms with Crippen LogP contribution in [0.25, 0.3) is 0 Å². The van der Waals surface area contributed by atoms with Gasteiger partial charge in [-0.3, -0.25) is 0 Å². The van der Waals surface area contributed by atoms with Gasteiger partial charge in [0.15, 0.2) is 11.2 Å². The van der Waals surface area contributed by atoms with Crippen LogP contribution >= 0.6 is 11.8 Å². The Bertz CT molecular complexity index is 370. The number of nitrogens with one attached hydrogen (secondary N) is 1. The maximum absolute atomic E-state index is 11.2. The lowest BCUT2D eigenvalue weighted by atomic mass is 10.1. The Morgan fingerprint density at radius 2 is 2.25 bits per heavy atom. The Labute approximate surface area is 99.5 Å². The third kappa shape index (κ3) is 3.24. The number of nitrogens with zero attached hydrogens (tertiary/aromatic N) is 2. The number of H-pyrrole nitrogens is 1. The van der Waals surface area contributed by atoms with Crippen LogP contribution in [0.3, 0.4) is 0 Å². The zero-order valence-corrected chi connectivity index (χ0v) is 10.8. The highest BCUT2D eigenvalue weighted by Crippen LogP contribution is 2.14. The summed E-state index contributed by atoms with van der Waals surface area (Å²) in [6.07, 6.45) is 4.10. The number of thioether (sulfide) groups is 1. The van der Waals surface area contributed by atoms with Crippen LogP contribution < -0.4 is 0 Å². The molecule has 16 heavy (non-hydrogen) atoms. The Balaban J connectivity index is 2.80. The number of aromatic nitrogens is 2. The molecule has 0 fully saturated rings. The molecule has 0 bridgehead atoms. The van der Waals surface area contributed by atoms with Gasteiger partial charge in [0.25, 0.3) is 0 Å². The van der Waals surface area contributed by atoms with Gasteiger partial charge in [-0.05, 0) is 6.26 Å². The molecule has 0 radical (unpaired) electrons. The predicted octanol–water partition coefficient (Wildman–Crippen LogP) is 0.833. The number of hydrogen-bond donors (Lipinski definition) is 2. The molecule has 0 saturated heterocycles. The third-order valence-corrected chi connectivity index (χ3v) is 3.03. The molecular weight excluding hydrogens is 226 g/mol. The van der Waals surface area contributed by atoms with E-state index in [1.807, 2.05) is 27.4 Å². The number of imidazole rings is 1. The zero-order valence-electron chi connectivity index (χ0n) is 10.0. The van der Waals surface area contributed by atoms with Crippen LogP contribution in [-0.4, -0.2) is 59.0 Å². The summed E-state index contributed by atoms with van der Waals surface area (Å²) in [5.41, 5.74) is 0.866. The van der Waals surface area contributed by atoms with Crippen LogP contribution in [0.4, 0.5) is 0 Å². The van der Waals surface area contributed by atoms with E-state index in [1.54, 1.807) is 6.20 Å². The van der Waals surface area contributed by atoms with Crippen molar-refractivity contribution in [2.24, 2.45) is 0 Å². The van der Waals surface area contributed by atoms with E-state index in [1.165, 1.54) is 11.8 Å². The van der Waals surface area contributed by atoms with Gasteiger partial charge in [0, 0.05) is 11.9 Å². The minimum atomic E-state index is -0.784. The highest BCUT2D eigenvalue weighted by Gasteiger charge is 2.31. The second kappa shape index (κ2) is 4.88. The molecule has 0 aliphatic carbocycles. The van der Waals surface area contributed by atoms with E-state index in [2.05, 4.69) is 9.97 Å². The van der Waals surface area contributed by atoms with E-state index in [-0.39, 0.29) is 0 Å². The van der Waals surface area contributed by atoms with E-state index in [0.717, 1.165) is 10.9 Å². The fourth-order valence-electron chi connectivity index (χ4n) is 1.45. The molecule has 0 saturated carbocycles. The summed E-state index contributed by atoms with van der Waals surface area (Å²) in [5, 5.41) is 10.00. The van der Waals surface area contributed by atoms with E-state index >= 15 is 0 Å². The van der Waals surface area contributed by atoms with E-state index in [9.17, 15) is 9.90 Å². The fourth-order valence-corrected chi connectivity index (χ4v) is 1.84. The van der Waals surface area contributed by atoms with Crippen molar-refractivity contribution in [2.75, 3.05) is 27.4 Å². The first-order chi connectivity index (χ1) is 7.34. The van der Waals surface area contributed by atoms with Crippen molar-refractivity contribution < 1.29 is 14.4 Å². The SMILES string of the molecule is CSc1ncc(C[C@@H](C(=O)O)[N+](C)(C)C)[nH]1. The Hall–Kier alpha value is -1.01. The maximum atomic E-state index is 11.2. The van der Waals surface area contributed by atoms with Gasteiger partial charge in [0.05, 0.1) is 27.6 Å². The lowest BCUT2D eigenvalue weighted by Gasteiger charge is -2.30. The lowest BCUT2D eigenvalue weighted by molar-refractivity contribution is -0.887. The van der Waals surface area contributed by atoms with Crippen molar-refractivity contribution in [3.05, 3.63) is 11.9 Å². The maximum Gasteiger partial charge on any atom is 0.362 e. The Kier molecular flexibility index (Phi) is 3.98. The lowest BCUT2D eigenvalue weighted by Crippen LogP contribution is -2.51. The van der Waals surface area contributed by atoms with Gasteiger partial charge in [0.2, 0.25) is 0 Å². The number of carbonyl (C=O) groups is 1. The average molecular weight is 244 g/mol. The zero-order chi connectivity index (χ0) is 12.3. The van der Waals surface area contributed by atoms with Gasteiger partial charge >= 0.3 is 5.97 Å². The van der Waals surface area contributed by atoms with Crippen molar-refractivity contribution in [2.45, 2.75) is 17.6 Å². The van der Waals surface area contributed by atoms with Crippen LogP contribution in [0.1, 0.15) is 5.69 Å². The van der Waals surface area contributed by atoms with Gasteiger partial charge in [-0.15, -0.1) is 0 Å². The third-order valence-electron chi connectivity index (χ3n) is 2.43. The second-order valence-corrected chi connectivity index (χ2v) is 5.39. The van der Waals surface area contributed by atoms with Gasteiger partial charge in [0.1, 0.15) is 0 Å². The van der Waals surface area contributed by atoms with Crippen LogP contribution in [0.5, 0.6) is 0 Å². The first-order valence-corrected chi connectivity index (χ1v) is 6.19. The van der Waals surface area contributed by atoms with E-state index in [0.29, 0.717) is 10.9 Å². The molecule has 1 atom stereocenters. The van der Waals surface area contributed by atoms with Gasteiger partial charge in [-0.1, -0.05) is 11.8 Å². The number of quaternary nitrogens is 1. The predicted molar refractivity (Wildman–Crippen MR) is 63.5 cm³/mol. The summed E-state index contributed by atoms with van der Waals surface area (Å²) in [4.78, 5) is 18.4. The number of hydrogen-bond acceptors (Lipinski definition) is 3. The molecule has 1 aromatic rings. The number of carboxylic acid groups (broad SMARTS) is 1. The second-order valence-electron chi connectivity index (χ2n) is 4.59. The Morgan fingerprint density at radius 1 is 1.62 bits per heavy atom. The van der Waals surface area contributed by atoms with E-state index in [4.69, 9.17) is 0 Å². The molecule has 0 aromatic carbocycles. The quantitative estimate of drug-likeness (QED) is 0.595. The van der Waals surface area contributed by atoms with Crippen LogP contribution in [0.15, 0.2) is 11.4 Å². The monoisotopic (exact) mass is 244 g/mol. The highest BCUT2D eigenvalue weighted by atomic mass is 32.2. The largest absolute Gasteiger partial charge is 0.477 e. The van der Waals surface area contributed by atoms with Crippen molar-refractivity contribution in [3.63, 3.8) is 0 Å².